The van der Waals surface area contributed by atoms with Gasteiger partial charge in [-0.15, -0.1) is 0 Å². The fourth-order valence-corrected chi connectivity index (χ4v) is 2.83. The van der Waals surface area contributed by atoms with Crippen LogP contribution in [0.1, 0.15) is 20.3 Å². The van der Waals surface area contributed by atoms with Gasteiger partial charge in [0.05, 0.1) is 17.6 Å². The van der Waals surface area contributed by atoms with Crippen molar-refractivity contribution in [3.63, 3.8) is 0 Å². The van der Waals surface area contributed by atoms with Crippen LogP contribution in [0.2, 0.25) is 5.02 Å². The number of benzene rings is 2. The minimum atomic E-state index is -0.706. The maximum atomic E-state index is 12.8. The molecule has 6 heteroatoms. The number of halogens is 1. The van der Waals surface area contributed by atoms with Crippen LogP contribution in [0.15, 0.2) is 57.9 Å². The van der Waals surface area contributed by atoms with Crippen LogP contribution < -0.4 is 10.2 Å². The van der Waals surface area contributed by atoms with Gasteiger partial charge in [0, 0.05) is 11.1 Å². The molecule has 27 heavy (non-hydrogen) atoms. The van der Waals surface area contributed by atoms with E-state index >= 15 is 0 Å². The van der Waals surface area contributed by atoms with Gasteiger partial charge in [-0.1, -0.05) is 30.7 Å². The summed E-state index contributed by atoms with van der Waals surface area (Å²) in [7, 11) is 0. The minimum Gasteiger partial charge on any atom is -0.479 e. The van der Waals surface area contributed by atoms with Crippen LogP contribution in [-0.2, 0) is 9.53 Å². The Morgan fingerprint density at radius 3 is 2.56 bits per heavy atom. The third-order valence-electron chi connectivity index (χ3n) is 4.10. The molecule has 0 unspecified atom stereocenters. The fraction of sp³-hybridized carbons (Fsp3) is 0.238. The van der Waals surface area contributed by atoms with Crippen molar-refractivity contribution in [2.75, 3.05) is 6.61 Å². The van der Waals surface area contributed by atoms with E-state index in [1.165, 1.54) is 6.26 Å². The molecule has 0 N–H and O–H groups in total. The molecule has 140 valence electrons. The van der Waals surface area contributed by atoms with Gasteiger partial charge in [0.15, 0.2) is 11.5 Å². The van der Waals surface area contributed by atoms with E-state index in [0.717, 1.165) is 5.56 Å². The summed E-state index contributed by atoms with van der Waals surface area (Å²) in [4.78, 5) is 24.7. The first-order chi connectivity index (χ1) is 13.0. The molecule has 1 heterocycles. The lowest BCUT2D eigenvalue weighted by atomic mass is 10.1. The zero-order valence-corrected chi connectivity index (χ0v) is 15.8. The standard InChI is InChI=1S/C21H19ClO5/c1-3-18(21(24)25-4-2)27-15-9-10-16-19(11-15)26-12-17(20(16)23)13-5-7-14(22)8-6-13/h5-12,18H,3-4H2,1-2H3/t18-/m0/s1. The van der Waals surface area contributed by atoms with Gasteiger partial charge in [0.2, 0.25) is 0 Å². The third kappa shape index (κ3) is 4.14. The topological polar surface area (TPSA) is 65.7 Å². The molecule has 0 saturated carbocycles. The van der Waals surface area contributed by atoms with Gasteiger partial charge in [0.25, 0.3) is 0 Å². The molecule has 3 aromatic rings. The summed E-state index contributed by atoms with van der Waals surface area (Å²) in [5, 5.41) is 1.02. The molecule has 5 nitrogen and oxygen atoms in total. The molecule has 0 bridgehead atoms. The van der Waals surface area contributed by atoms with Gasteiger partial charge in [-0.25, -0.2) is 4.79 Å². The number of esters is 1. The summed E-state index contributed by atoms with van der Waals surface area (Å²) in [6.07, 6.45) is 1.18. The Hall–Kier alpha value is -2.79. The zero-order valence-electron chi connectivity index (χ0n) is 15.0. The molecule has 0 aliphatic carbocycles. The summed E-state index contributed by atoms with van der Waals surface area (Å²) in [6, 6.07) is 11.9. The monoisotopic (exact) mass is 386 g/mol. The second kappa shape index (κ2) is 8.27. The van der Waals surface area contributed by atoms with Crippen LogP contribution in [0.4, 0.5) is 0 Å². The number of fused-ring (bicyclic) bond motifs is 1. The van der Waals surface area contributed by atoms with Crippen molar-refractivity contribution in [3.8, 4) is 16.9 Å². The Kier molecular flexibility index (Phi) is 5.81. The highest BCUT2D eigenvalue weighted by Crippen LogP contribution is 2.25. The van der Waals surface area contributed by atoms with E-state index in [1.54, 1.807) is 49.4 Å². The van der Waals surface area contributed by atoms with Gasteiger partial charge in [-0.05, 0) is 43.2 Å². The highest BCUT2D eigenvalue weighted by molar-refractivity contribution is 6.30. The number of carbonyl (C=O) groups is 1. The predicted molar refractivity (Wildman–Crippen MR) is 104 cm³/mol. The molecule has 1 aromatic heterocycles. The molecule has 0 saturated heterocycles. The van der Waals surface area contributed by atoms with Gasteiger partial charge < -0.3 is 13.9 Å². The molecular weight excluding hydrogens is 368 g/mol. The number of hydrogen-bond acceptors (Lipinski definition) is 5. The average Bonchev–Trinajstić information content (AvgIpc) is 2.67. The number of ether oxygens (including phenoxy) is 2. The van der Waals surface area contributed by atoms with Crippen molar-refractivity contribution in [2.45, 2.75) is 26.4 Å². The molecule has 0 aliphatic rings. The summed E-state index contributed by atoms with van der Waals surface area (Å²) in [6.45, 7) is 3.87. The lowest BCUT2D eigenvalue weighted by molar-refractivity contribution is -0.151. The molecule has 0 aliphatic heterocycles. The van der Waals surface area contributed by atoms with Crippen molar-refractivity contribution in [2.24, 2.45) is 0 Å². The summed E-state index contributed by atoms with van der Waals surface area (Å²) in [5.41, 5.74) is 1.41. The normalized spacial score (nSPS) is 12.0. The van der Waals surface area contributed by atoms with E-state index in [4.69, 9.17) is 25.5 Å². The smallest absolute Gasteiger partial charge is 0.347 e. The Morgan fingerprint density at radius 1 is 1.15 bits per heavy atom. The average molecular weight is 387 g/mol. The first kappa shape index (κ1) is 19.0. The lowest BCUT2D eigenvalue weighted by Crippen LogP contribution is -2.28. The molecular formula is C21H19ClO5. The van der Waals surface area contributed by atoms with Crippen molar-refractivity contribution in [1.82, 2.24) is 0 Å². The predicted octanol–water partition coefficient (Wildman–Crippen LogP) is 4.83. The Labute approximate surface area is 161 Å². The molecule has 2 aromatic carbocycles. The van der Waals surface area contributed by atoms with Crippen molar-refractivity contribution < 1.29 is 18.7 Å². The van der Waals surface area contributed by atoms with E-state index in [9.17, 15) is 9.59 Å². The van der Waals surface area contributed by atoms with E-state index in [-0.39, 0.29) is 5.43 Å². The van der Waals surface area contributed by atoms with Gasteiger partial charge in [0.1, 0.15) is 17.6 Å². The largest absolute Gasteiger partial charge is 0.479 e. The first-order valence-corrected chi connectivity index (χ1v) is 9.06. The van der Waals surface area contributed by atoms with Crippen LogP contribution in [0.5, 0.6) is 5.75 Å². The van der Waals surface area contributed by atoms with Crippen LogP contribution in [0.3, 0.4) is 0 Å². The molecule has 0 fully saturated rings. The van der Waals surface area contributed by atoms with Gasteiger partial charge >= 0.3 is 5.97 Å². The zero-order chi connectivity index (χ0) is 19.4. The SMILES string of the molecule is CCOC(=O)[C@H](CC)Oc1ccc2c(=O)c(-c3ccc(Cl)cc3)coc2c1. The molecule has 0 radical (unpaired) electrons. The quantitative estimate of drug-likeness (QED) is 0.567. The fourth-order valence-electron chi connectivity index (χ4n) is 2.71. The van der Waals surface area contributed by atoms with Crippen LogP contribution in [0.25, 0.3) is 22.1 Å². The Bertz CT molecular complexity index is 1010. The maximum absolute atomic E-state index is 12.8. The van der Waals surface area contributed by atoms with Crippen LogP contribution >= 0.6 is 11.6 Å². The third-order valence-corrected chi connectivity index (χ3v) is 4.35. The summed E-state index contributed by atoms with van der Waals surface area (Å²) >= 11 is 5.90. The first-order valence-electron chi connectivity index (χ1n) is 8.68. The second-order valence-electron chi connectivity index (χ2n) is 5.91. The number of carbonyl (C=O) groups excluding carboxylic acids is 1. The Morgan fingerprint density at radius 2 is 1.89 bits per heavy atom. The van der Waals surface area contributed by atoms with E-state index in [1.807, 2.05) is 6.92 Å². The summed E-state index contributed by atoms with van der Waals surface area (Å²) in [5.74, 6) is 0.0180. The van der Waals surface area contributed by atoms with Gasteiger partial charge in [-0.2, -0.15) is 0 Å². The molecule has 1 atom stereocenters. The minimum absolute atomic E-state index is 0.150. The summed E-state index contributed by atoms with van der Waals surface area (Å²) < 4.78 is 16.3. The highest BCUT2D eigenvalue weighted by atomic mass is 35.5. The second-order valence-corrected chi connectivity index (χ2v) is 6.35. The van der Waals surface area contributed by atoms with Crippen LogP contribution in [0, 0.1) is 0 Å². The highest BCUT2D eigenvalue weighted by Gasteiger charge is 2.20. The van der Waals surface area contributed by atoms with E-state index in [2.05, 4.69) is 0 Å². The number of hydrogen-bond donors (Lipinski definition) is 0. The maximum Gasteiger partial charge on any atom is 0.347 e. The van der Waals surface area contributed by atoms with Crippen LogP contribution in [-0.4, -0.2) is 18.7 Å². The van der Waals surface area contributed by atoms with Crippen molar-refractivity contribution in [1.29, 1.82) is 0 Å². The lowest BCUT2D eigenvalue weighted by Gasteiger charge is -2.16. The Balaban J connectivity index is 1.93. The molecule has 3 rings (SSSR count). The molecule has 0 spiro atoms. The van der Waals surface area contributed by atoms with E-state index < -0.39 is 12.1 Å². The van der Waals surface area contributed by atoms with Crippen molar-refractivity contribution >= 4 is 28.5 Å². The number of rotatable bonds is 6. The molecule has 0 amide bonds. The van der Waals surface area contributed by atoms with E-state index in [0.29, 0.717) is 40.3 Å². The van der Waals surface area contributed by atoms with Crippen molar-refractivity contribution in [3.05, 3.63) is 64.0 Å². The van der Waals surface area contributed by atoms with Gasteiger partial charge in [-0.3, -0.25) is 4.79 Å².